The minimum Gasteiger partial charge on any atom is -0.346 e. The molecule has 3 rings (SSSR count). The Morgan fingerprint density at radius 1 is 1.00 bits per heavy atom. The highest BCUT2D eigenvalue weighted by Gasteiger charge is 2.29. The van der Waals surface area contributed by atoms with Gasteiger partial charge in [0.15, 0.2) is 0 Å². The molecule has 0 spiro atoms. The van der Waals surface area contributed by atoms with E-state index in [0.717, 1.165) is 41.8 Å². The van der Waals surface area contributed by atoms with Gasteiger partial charge in [-0.05, 0) is 94.1 Å². The first-order valence-electron chi connectivity index (χ1n) is 13.7. The van der Waals surface area contributed by atoms with Gasteiger partial charge in [0.25, 0.3) is 0 Å². The van der Waals surface area contributed by atoms with Crippen LogP contribution in [0.1, 0.15) is 36.8 Å². The Labute approximate surface area is 261 Å². The fourth-order valence-corrected chi connectivity index (χ4v) is 5.84. The normalized spacial score (nSPS) is 16.0. The molecule has 1 aliphatic heterocycles. The van der Waals surface area contributed by atoms with E-state index in [0.29, 0.717) is 51.9 Å². The SMILES string of the molecule is CN1CCCC1CCC(N)C(=O)N(CCc1ccc(Cl)cc1Cl)C(=O)CNC(=O)CNCCc1ccc(Cl)cc1Cl. The average molecular weight is 645 g/mol. The number of imide groups is 1. The Balaban J connectivity index is 1.53. The smallest absolute Gasteiger partial charge is 0.248 e. The van der Waals surface area contributed by atoms with Gasteiger partial charge in [-0.2, -0.15) is 0 Å². The summed E-state index contributed by atoms with van der Waals surface area (Å²) in [6.07, 6.45) is 4.37. The topological polar surface area (TPSA) is 108 Å². The zero-order valence-corrected chi connectivity index (χ0v) is 26.1. The Hall–Kier alpha value is -1.91. The lowest BCUT2D eigenvalue weighted by atomic mass is 10.0. The fourth-order valence-electron chi connectivity index (χ4n) is 4.84. The zero-order chi connectivity index (χ0) is 29.9. The van der Waals surface area contributed by atoms with Crippen molar-refractivity contribution >= 4 is 64.1 Å². The molecule has 8 nitrogen and oxygen atoms in total. The lowest BCUT2D eigenvalue weighted by molar-refractivity contribution is -0.146. The predicted molar refractivity (Wildman–Crippen MR) is 166 cm³/mol. The van der Waals surface area contributed by atoms with Gasteiger partial charge in [-0.3, -0.25) is 19.3 Å². The second-order valence-electron chi connectivity index (χ2n) is 10.3. The monoisotopic (exact) mass is 643 g/mol. The van der Waals surface area contributed by atoms with Gasteiger partial charge in [0, 0.05) is 32.7 Å². The molecule has 12 heteroatoms. The number of halogens is 4. The van der Waals surface area contributed by atoms with Crippen molar-refractivity contribution in [1.29, 1.82) is 0 Å². The van der Waals surface area contributed by atoms with Gasteiger partial charge in [-0.1, -0.05) is 58.5 Å². The van der Waals surface area contributed by atoms with E-state index in [9.17, 15) is 14.4 Å². The van der Waals surface area contributed by atoms with Crippen molar-refractivity contribution in [3.8, 4) is 0 Å². The summed E-state index contributed by atoms with van der Waals surface area (Å²) in [5.41, 5.74) is 7.94. The largest absolute Gasteiger partial charge is 0.346 e. The van der Waals surface area contributed by atoms with E-state index in [2.05, 4.69) is 22.6 Å². The molecular formula is C29H37Cl4N5O3. The summed E-state index contributed by atoms with van der Waals surface area (Å²) in [7, 11) is 2.07. The first-order valence-corrected chi connectivity index (χ1v) is 15.2. The van der Waals surface area contributed by atoms with Crippen LogP contribution >= 0.6 is 46.4 Å². The zero-order valence-electron chi connectivity index (χ0n) is 23.1. The summed E-state index contributed by atoms with van der Waals surface area (Å²) in [5, 5.41) is 7.69. The Morgan fingerprint density at radius 2 is 1.63 bits per heavy atom. The lowest BCUT2D eigenvalue weighted by Crippen LogP contribution is -2.51. The standard InChI is InChI=1S/C29H37Cl4N5O3/c1-37-13-2-3-23(37)8-9-26(34)29(41)38(14-11-20-5-7-22(31)16-25(20)33)28(40)18-36-27(39)17-35-12-10-19-4-6-21(30)15-24(19)32/h4-7,15-16,23,26,35H,2-3,8-14,17-18,34H2,1H3,(H,36,39). The molecule has 224 valence electrons. The number of hydrogen-bond acceptors (Lipinski definition) is 6. The molecule has 41 heavy (non-hydrogen) atoms. The lowest BCUT2D eigenvalue weighted by Gasteiger charge is -2.26. The highest BCUT2D eigenvalue weighted by molar-refractivity contribution is 6.35. The van der Waals surface area contributed by atoms with E-state index in [1.54, 1.807) is 30.3 Å². The molecule has 0 aromatic heterocycles. The van der Waals surface area contributed by atoms with Gasteiger partial charge in [-0.25, -0.2) is 0 Å². The van der Waals surface area contributed by atoms with Crippen molar-refractivity contribution in [2.24, 2.45) is 5.73 Å². The van der Waals surface area contributed by atoms with Crippen LogP contribution in [0, 0.1) is 0 Å². The van der Waals surface area contributed by atoms with Crippen LogP contribution < -0.4 is 16.4 Å². The minimum absolute atomic E-state index is 0.00123. The summed E-state index contributed by atoms with van der Waals surface area (Å²) in [6.45, 7) is 1.28. The van der Waals surface area contributed by atoms with E-state index in [4.69, 9.17) is 52.1 Å². The summed E-state index contributed by atoms with van der Waals surface area (Å²) in [5.74, 6) is -1.37. The van der Waals surface area contributed by atoms with E-state index in [1.807, 2.05) is 6.07 Å². The van der Waals surface area contributed by atoms with Crippen LogP contribution in [-0.2, 0) is 27.2 Å². The number of nitrogens with one attached hydrogen (secondary N) is 2. The van der Waals surface area contributed by atoms with Crippen molar-refractivity contribution in [2.75, 3.05) is 39.8 Å². The van der Waals surface area contributed by atoms with Crippen LogP contribution in [0.3, 0.4) is 0 Å². The number of carbonyl (C=O) groups is 3. The maximum Gasteiger partial charge on any atom is 0.248 e. The van der Waals surface area contributed by atoms with Crippen molar-refractivity contribution < 1.29 is 14.4 Å². The number of benzene rings is 2. The second-order valence-corrected chi connectivity index (χ2v) is 12.0. The predicted octanol–water partition coefficient (Wildman–Crippen LogP) is 4.35. The van der Waals surface area contributed by atoms with E-state index >= 15 is 0 Å². The molecule has 2 aromatic rings. The molecule has 0 saturated carbocycles. The number of nitrogens with two attached hydrogens (primary N) is 1. The second kappa shape index (κ2) is 16.7. The third-order valence-electron chi connectivity index (χ3n) is 7.30. The van der Waals surface area contributed by atoms with Gasteiger partial charge in [0.1, 0.15) is 0 Å². The Bertz CT molecular complexity index is 1210. The molecule has 2 atom stereocenters. The van der Waals surface area contributed by atoms with Crippen molar-refractivity contribution in [3.05, 3.63) is 67.6 Å². The molecule has 1 aliphatic rings. The van der Waals surface area contributed by atoms with Gasteiger partial charge in [0.2, 0.25) is 17.7 Å². The number of rotatable bonds is 14. The molecule has 0 bridgehead atoms. The molecule has 3 amide bonds. The van der Waals surface area contributed by atoms with Crippen molar-refractivity contribution in [1.82, 2.24) is 20.4 Å². The summed E-state index contributed by atoms with van der Waals surface area (Å²) in [4.78, 5) is 42.3. The van der Waals surface area contributed by atoms with Crippen LogP contribution in [0.25, 0.3) is 0 Å². The summed E-state index contributed by atoms with van der Waals surface area (Å²) < 4.78 is 0. The van der Waals surface area contributed by atoms with Crippen LogP contribution in [0.2, 0.25) is 20.1 Å². The Kier molecular flexibility index (Phi) is 13.6. The molecular weight excluding hydrogens is 608 g/mol. The Morgan fingerprint density at radius 3 is 2.22 bits per heavy atom. The molecule has 1 heterocycles. The highest BCUT2D eigenvalue weighted by Crippen LogP contribution is 2.23. The molecule has 1 saturated heterocycles. The van der Waals surface area contributed by atoms with Crippen LogP contribution in [-0.4, -0.2) is 79.4 Å². The van der Waals surface area contributed by atoms with Crippen LogP contribution in [0.4, 0.5) is 0 Å². The number of hydrogen-bond donors (Lipinski definition) is 3. The maximum atomic E-state index is 13.3. The van der Waals surface area contributed by atoms with Gasteiger partial charge in [0.05, 0.1) is 19.1 Å². The molecule has 0 aliphatic carbocycles. The number of likely N-dealkylation sites (tertiary alicyclic amines) is 1. The summed E-state index contributed by atoms with van der Waals surface area (Å²) >= 11 is 24.4. The number of amides is 3. The summed E-state index contributed by atoms with van der Waals surface area (Å²) in [6, 6.07) is 9.90. The third kappa shape index (κ3) is 10.7. The highest BCUT2D eigenvalue weighted by atomic mass is 35.5. The van der Waals surface area contributed by atoms with Crippen LogP contribution in [0.15, 0.2) is 36.4 Å². The molecule has 1 fully saturated rings. The fraction of sp³-hybridized carbons (Fsp3) is 0.483. The average Bonchev–Trinajstić information content (AvgIpc) is 3.34. The number of nitrogens with zero attached hydrogens (tertiary/aromatic N) is 2. The quantitative estimate of drug-likeness (QED) is 0.264. The molecule has 2 aromatic carbocycles. The van der Waals surface area contributed by atoms with E-state index in [-0.39, 0.29) is 25.5 Å². The van der Waals surface area contributed by atoms with Gasteiger partial charge < -0.3 is 21.3 Å². The van der Waals surface area contributed by atoms with E-state index in [1.165, 1.54) is 0 Å². The van der Waals surface area contributed by atoms with Gasteiger partial charge >= 0.3 is 0 Å². The van der Waals surface area contributed by atoms with Crippen molar-refractivity contribution in [3.63, 3.8) is 0 Å². The molecule has 4 N–H and O–H groups in total. The first-order chi connectivity index (χ1) is 19.5. The number of carbonyl (C=O) groups excluding carboxylic acids is 3. The first kappa shape index (κ1) is 33.6. The minimum atomic E-state index is -0.828. The molecule has 2 unspecified atom stereocenters. The third-order valence-corrected chi connectivity index (χ3v) is 8.47. The van der Waals surface area contributed by atoms with Gasteiger partial charge in [-0.15, -0.1) is 0 Å². The van der Waals surface area contributed by atoms with E-state index < -0.39 is 17.9 Å². The van der Waals surface area contributed by atoms with Crippen molar-refractivity contribution in [2.45, 2.75) is 50.6 Å². The maximum absolute atomic E-state index is 13.3. The molecule has 0 radical (unpaired) electrons. The van der Waals surface area contributed by atoms with Crippen LogP contribution in [0.5, 0.6) is 0 Å².